The van der Waals surface area contributed by atoms with Crippen LogP contribution >= 0.6 is 0 Å². The molecule has 0 heterocycles. The predicted molar refractivity (Wildman–Crippen MR) is 117 cm³/mol. The van der Waals surface area contributed by atoms with Crippen LogP contribution in [-0.4, -0.2) is 36.9 Å². The smallest absolute Gasteiger partial charge is 0.307 e. The molecule has 8 heteroatoms. The molecule has 3 aromatic carbocycles. The molecule has 0 bridgehead atoms. The van der Waals surface area contributed by atoms with E-state index >= 15 is 0 Å². The number of sulfonamides is 1. The van der Waals surface area contributed by atoms with Crippen molar-refractivity contribution in [3.05, 3.63) is 65.5 Å². The lowest BCUT2D eigenvalue weighted by Gasteiger charge is -2.19. The van der Waals surface area contributed by atoms with Gasteiger partial charge < -0.3 is 9.84 Å². The molecule has 164 valence electrons. The Kier molecular flexibility index (Phi) is 6.62. The van der Waals surface area contributed by atoms with Crippen LogP contribution in [0, 0.1) is 12.7 Å². The van der Waals surface area contributed by atoms with Gasteiger partial charge in [-0.05, 0) is 59.8 Å². The van der Waals surface area contributed by atoms with Crippen LogP contribution in [0.25, 0.3) is 10.8 Å². The molecule has 0 radical (unpaired) electrons. The van der Waals surface area contributed by atoms with Crippen molar-refractivity contribution in [2.24, 2.45) is 0 Å². The van der Waals surface area contributed by atoms with Crippen LogP contribution in [0.15, 0.2) is 53.4 Å². The second-order valence-electron chi connectivity index (χ2n) is 7.09. The third kappa shape index (κ3) is 4.70. The largest absolute Gasteiger partial charge is 0.481 e. The predicted octanol–water partition coefficient (Wildman–Crippen LogP) is 4.74. The van der Waals surface area contributed by atoms with E-state index in [2.05, 4.69) is 0 Å². The van der Waals surface area contributed by atoms with Gasteiger partial charge in [0, 0.05) is 18.5 Å². The first-order chi connectivity index (χ1) is 14.7. The summed E-state index contributed by atoms with van der Waals surface area (Å²) in [6.45, 7) is 6.00. The van der Waals surface area contributed by atoms with Crippen LogP contribution in [0.1, 0.15) is 25.0 Å². The highest BCUT2D eigenvalue weighted by molar-refractivity contribution is 7.89. The second kappa shape index (κ2) is 9.03. The van der Waals surface area contributed by atoms with Gasteiger partial charge in [-0.3, -0.25) is 4.79 Å². The number of carbonyl (C=O) groups is 1. The Bertz CT molecular complexity index is 1220. The molecule has 0 saturated heterocycles. The quantitative estimate of drug-likeness (QED) is 0.542. The van der Waals surface area contributed by atoms with E-state index in [4.69, 9.17) is 4.74 Å². The minimum Gasteiger partial charge on any atom is -0.481 e. The van der Waals surface area contributed by atoms with E-state index < -0.39 is 21.8 Å². The average Bonchev–Trinajstić information content (AvgIpc) is 2.72. The molecule has 0 spiro atoms. The summed E-state index contributed by atoms with van der Waals surface area (Å²) in [7, 11) is -3.60. The van der Waals surface area contributed by atoms with Gasteiger partial charge in [0.1, 0.15) is 17.3 Å². The fourth-order valence-electron chi connectivity index (χ4n) is 3.48. The Hall–Kier alpha value is -2.97. The van der Waals surface area contributed by atoms with Gasteiger partial charge in [-0.2, -0.15) is 4.31 Å². The van der Waals surface area contributed by atoms with Gasteiger partial charge in [0.25, 0.3) is 0 Å². The average molecular weight is 446 g/mol. The van der Waals surface area contributed by atoms with E-state index in [1.807, 2.05) is 0 Å². The third-order valence-electron chi connectivity index (χ3n) is 5.14. The summed E-state index contributed by atoms with van der Waals surface area (Å²) in [4.78, 5) is 11.4. The molecule has 0 aromatic heterocycles. The number of aliphatic carboxylic acids is 1. The van der Waals surface area contributed by atoms with Crippen molar-refractivity contribution in [2.75, 3.05) is 13.1 Å². The molecular weight excluding hydrogens is 421 g/mol. The molecule has 0 unspecified atom stereocenters. The molecule has 0 aliphatic heterocycles. The SMILES string of the molecule is CCN(CC)S(=O)(=O)c1ccc(Oc2c(C)c(CC(=O)O)cc3ccc(F)cc23)cc1. The lowest BCUT2D eigenvalue weighted by molar-refractivity contribution is -0.136. The standard InChI is InChI=1S/C23H24FNO5S/c1-4-25(5-2)31(28,29)20-10-8-19(9-11-20)30-23-15(3)17(13-22(26)27)12-16-6-7-18(24)14-21(16)23/h6-12,14H,4-5,13H2,1-3H3,(H,26,27). The van der Waals surface area contributed by atoms with E-state index in [9.17, 15) is 22.7 Å². The third-order valence-corrected chi connectivity index (χ3v) is 7.20. The van der Waals surface area contributed by atoms with Crippen molar-refractivity contribution in [3.8, 4) is 11.5 Å². The number of hydrogen-bond donors (Lipinski definition) is 1. The Balaban J connectivity index is 2.04. The first-order valence-corrected chi connectivity index (χ1v) is 11.3. The highest BCUT2D eigenvalue weighted by Crippen LogP contribution is 2.36. The van der Waals surface area contributed by atoms with Crippen LogP contribution in [0.2, 0.25) is 0 Å². The monoisotopic (exact) mass is 445 g/mol. The highest BCUT2D eigenvalue weighted by atomic mass is 32.2. The fraction of sp³-hybridized carbons (Fsp3) is 0.261. The van der Waals surface area contributed by atoms with Crippen molar-refractivity contribution < 1.29 is 27.4 Å². The molecule has 0 aliphatic carbocycles. The Morgan fingerprint density at radius 2 is 1.71 bits per heavy atom. The molecule has 0 fully saturated rings. The molecule has 3 aromatic rings. The Morgan fingerprint density at radius 1 is 1.06 bits per heavy atom. The number of carboxylic acids is 1. The van der Waals surface area contributed by atoms with Gasteiger partial charge in [0.15, 0.2) is 0 Å². The van der Waals surface area contributed by atoms with Crippen molar-refractivity contribution in [3.63, 3.8) is 0 Å². The lowest BCUT2D eigenvalue weighted by atomic mass is 9.98. The maximum absolute atomic E-state index is 13.9. The number of rotatable bonds is 8. The zero-order valence-electron chi connectivity index (χ0n) is 17.6. The van der Waals surface area contributed by atoms with Crippen LogP contribution < -0.4 is 4.74 Å². The van der Waals surface area contributed by atoms with Gasteiger partial charge in [-0.15, -0.1) is 0 Å². The van der Waals surface area contributed by atoms with Crippen molar-refractivity contribution >= 4 is 26.8 Å². The molecule has 31 heavy (non-hydrogen) atoms. The minimum absolute atomic E-state index is 0.149. The number of fused-ring (bicyclic) bond motifs is 1. The van der Waals surface area contributed by atoms with Crippen molar-refractivity contribution in [1.82, 2.24) is 4.31 Å². The summed E-state index contributed by atoms with van der Waals surface area (Å²) >= 11 is 0. The van der Waals surface area contributed by atoms with Crippen LogP contribution in [-0.2, 0) is 21.2 Å². The van der Waals surface area contributed by atoms with E-state index in [1.54, 1.807) is 32.9 Å². The van der Waals surface area contributed by atoms with Crippen molar-refractivity contribution in [2.45, 2.75) is 32.1 Å². The summed E-state index contributed by atoms with van der Waals surface area (Å²) in [5.41, 5.74) is 1.14. The van der Waals surface area contributed by atoms with E-state index in [0.29, 0.717) is 46.5 Å². The van der Waals surface area contributed by atoms with E-state index in [1.165, 1.54) is 40.7 Å². The van der Waals surface area contributed by atoms with Gasteiger partial charge >= 0.3 is 5.97 Å². The first kappa shape index (κ1) is 22.7. The van der Waals surface area contributed by atoms with E-state index in [0.717, 1.165) is 0 Å². The number of benzene rings is 3. The zero-order valence-corrected chi connectivity index (χ0v) is 18.4. The molecule has 1 N–H and O–H groups in total. The normalized spacial score (nSPS) is 11.8. The van der Waals surface area contributed by atoms with Crippen molar-refractivity contribution in [1.29, 1.82) is 0 Å². The molecule has 3 rings (SSSR count). The zero-order chi connectivity index (χ0) is 22.8. The fourth-order valence-corrected chi connectivity index (χ4v) is 4.94. The summed E-state index contributed by atoms with van der Waals surface area (Å²) in [6, 6.07) is 11.9. The Labute approximate surface area is 180 Å². The number of nitrogens with zero attached hydrogens (tertiary/aromatic N) is 1. The molecule has 0 saturated carbocycles. The topological polar surface area (TPSA) is 83.9 Å². The number of carboxylic acid groups (broad SMARTS) is 1. The van der Waals surface area contributed by atoms with Crippen LogP contribution in [0.5, 0.6) is 11.5 Å². The van der Waals surface area contributed by atoms with Gasteiger partial charge in [0.2, 0.25) is 10.0 Å². The maximum atomic E-state index is 13.9. The first-order valence-electron chi connectivity index (χ1n) is 9.89. The summed E-state index contributed by atoms with van der Waals surface area (Å²) in [5, 5.41) is 10.4. The number of halogens is 1. The number of hydrogen-bond acceptors (Lipinski definition) is 4. The Morgan fingerprint density at radius 3 is 2.29 bits per heavy atom. The van der Waals surface area contributed by atoms with Crippen LogP contribution in [0.3, 0.4) is 0 Å². The molecular formula is C23H24FNO5S. The molecule has 0 atom stereocenters. The van der Waals surface area contributed by atoms with Crippen LogP contribution in [0.4, 0.5) is 4.39 Å². The molecule has 0 amide bonds. The maximum Gasteiger partial charge on any atom is 0.307 e. The van der Waals surface area contributed by atoms with Gasteiger partial charge in [0.05, 0.1) is 11.3 Å². The van der Waals surface area contributed by atoms with Gasteiger partial charge in [-0.25, -0.2) is 12.8 Å². The summed E-state index contributed by atoms with van der Waals surface area (Å²) in [6.07, 6.45) is -0.198. The van der Waals surface area contributed by atoms with E-state index in [-0.39, 0.29) is 11.3 Å². The second-order valence-corrected chi connectivity index (χ2v) is 9.03. The highest BCUT2D eigenvalue weighted by Gasteiger charge is 2.22. The van der Waals surface area contributed by atoms with Gasteiger partial charge in [-0.1, -0.05) is 26.0 Å². The summed E-state index contributed by atoms with van der Waals surface area (Å²) in [5.74, 6) is -0.725. The molecule has 0 aliphatic rings. The lowest BCUT2D eigenvalue weighted by Crippen LogP contribution is -2.30. The summed E-state index contributed by atoms with van der Waals surface area (Å²) < 4.78 is 46.6. The minimum atomic E-state index is -3.60. The number of ether oxygens (including phenoxy) is 1. The molecule has 6 nitrogen and oxygen atoms in total.